The number of carbonyl (C=O) groups excluding carboxylic acids is 2. The van der Waals surface area contributed by atoms with Gasteiger partial charge in [-0.3, -0.25) is 9.59 Å². The molecule has 1 heterocycles. The van der Waals surface area contributed by atoms with Crippen molar-refractivity contribution in [2.75, 3.05) is 0 Å². The van der Waals surface area contributed by atoms with Crippen molar-refractivity contribution in [3.8, 4) is 0 Å². The molecule has 0 aliphatic rings. The van der Waals surface area contributed by atoms with E-state index >= 15 is 0 Å². The van der Waals surface area contributed by atoms with Gasteiger partial charge in [-0.15, -0.1) is 0 Å². The lowest BCUT2D eigenvalue weighted by Gasteiger charge is -2.14. The second-order valence-corrected chi connectivity index (χ2v) is 5.33. The average Bonchev–Trinajstić information content (AvgIpc) is 2.98. The van der Waals surface area contributed by atoms with Gasteiger partial charge < -0.3 is 15.1 Å². The molecule has 2 N–H and O–H groups in total. The molecule has 2 aromatic rings. The van der Waals surface area contributed by atoms with Gasteiger partial charge in [-0.2, -0.15) is 0 Å². The molecular formula is C15H15BrN2O3. The van der Waals surface area contributed by atoms with Crippen LogP contribution in [0.25, 0.3) is 0 Å². The molecule has 1 aromatic carbocycles. The summed E-state index contributed by atoms with van der Waals surface area (Å²) in [4.78, 5) is 24.0. The molecule has 0 saturated carbocycles. The first-order valence-electron chi connectivity index (χ1n) is 6.43. The maximum Gasteiger partial charge on any atom is 0.253 e. The Labute approximate surface area is 130 Å². The second-order valence-electron chi connectivity index (χ2n) is 4.47. The molecule has 2 rings (SSSR count). The maximum absolute atomic E-state index is 12.1. The number of carbonyl (C=O) groups is 2. The first kappa shape index (κ1) is 15.3. The molecule has 0 aliphatic carbocycles. The molecule has 1 atom stereocenters. The number of furan rings is 1. The zero-order valence-electron chi connectivity index (χ0n) is 11.4. The molecule has 2 amide bonds. The summed E-state index contributed by atoms with van der Waals surface area (Å²) in [7, 11) is 0. The van der Waals surface area contributed by atoms with Gasteiger partial charge in [0.25, 0.3) is 5.91 Å². The van der Waals surface area contributed by atoms with E-state index in [9.17, 15) is 9.59 Å². The fraction of sp³-hybridized carbons (Fsp3) is 0.200. The minimum atomic E-state index is -0.639. The number of rotatable bonds is 5. The van der Waals surface area contributed by atoms with Crippen molar-refractivity contribution in [1.29, 1.82) is 0 Å². The number of hydrogen-bond acceptors (Lipinski definition) is 3. The van der Waals surface area contributed by atoms with Crippen molar-refractivity contribution >= 4 is 27.7 Å². The van der Waals surface area contributed by atoms with Crippen molar-refractivity contribution in [2.45, 2.75) is 19.5 Å². The van der Waals surface area contributed by atoms with Gasteiger partial charge in [0.15, 0.2) is 0 Å². The molecular weight excluding hydrogens is 336 g/mol. The van der Waals surface area contributed by atoms with Crippen LogP contribution in [0.2, 0.25) is 0 Å². The highest BCUT2D eigenvalue weighted by molar-refractivity contribution is 9.10. The quantitative estimate of drug-likeness (QED) is 0.869. The smallest absolute Gasteiger partial charge is 0.253 e. The molecule has 6 heteroatoms. The third-order valence-electron chi connectivity index (χ3n) is 2.88. The number of amides is 2. The molecule has 0 radical (unpaired) electrons. The summed E-state index contributed by atoms with van der Waals surface area (Å²) < 4.78 is 5.81. The Kier molecular flexibility index (Phi) is 5.16. The van der Waals surface area contributed by atoms with Crippen LogP contribution in [-0.4, -0.2) is 17.9 Å². The van der Waals surface area contributed by atoms with Crippen LogP contribution in [-0.2, 0) is 11.3 Å². The van der Waals surface area contributed by atoms with Crippen molar-refractivity contribution < 1.29 is 14.0 Å². The highest BCUT2D eigenvalue weighted by Crippen LogP contribution is 2.15. The second kappa shape index (κ2) is 7.08. The lowest BCUT2D eigenvalue weighted by atomic mass is 10.2. The van der Waals surface area contributed by atoms with Gasteiger partial charge in [-0.05, 0) is 47.1 Å². The molecule has 0 unspecified atom stereocenters. The van der Waals surface area contributed by atoms with Crippen molar-refractivity contribution in [1.82, 2.24) is 10.6 Å². The van der Waals surface area contributed by atoms with Gasteiger partial charge in [0.1, 0.15) is 11.8 Å². The van der Waals surface area contributed by atoms with E-state index in [1.807, 2.05) is 6.07 Å². The van der Waals surface area contributed by atoms with E-state index < -0.39 is 6.04 Å². The largest absolute Gasteiger partial charge is 0.467 e. The van der Waals surface area contributed by atoms with Crippen LogP contribution in [0.3, 0.4) is 0 Å². The van der Waals surface area contributed by atoms with E-state index in [-0.39, 0.29) is 11.8 Å². The normalized spacial score (nSPS) is 11.7. The third-order valence-corrected chi connectivity index (χ3v) is 3.57. The van der Waals surface area contributed by atoms with Crippen LogP contribution < -0.4 is 10.6 Å². The Morgan fingerprint density at radius 2 is 2.00 bits per heavy atom. The van der Waals surface area contributed by atoms with Gasteiger partial charge in [0, 0.05) is 4.47 Å². The molecule has 1 aromatic heterocycles. The first-order valence-corrected chi connectivity index (χ1v) is 7.22. The van der Waals surface area contributed by atoms with E-state index in [0.717, 1.165) is 0 Å². The van der Waals surface area contributed by atoms with Crippen LogP contribution in [0.5, 0.6) is 0 Å². The van der Waals surface area contributed by atoms with E-state index in [1.54, 1.807) is 43.5 Å². The van der Waals surface area contributed by atoms with Gasteiger partial charge in [-0.1, -0.05) is 12.1 Å². The van der Waals surface area contributed by atoms with Gasteiger partial charge in [0.2, 0.25) is 5.91 Å². The van der Waals surface area contributed by atoms with Crippen LogP contribution in [0.15, 0.2) is 51.6 Å². The van der Waals surface area contributed by atoms with Crippen LogP contribution in [0.4, 0.5) is 0 Å². The molecule has 0 spiro atoms. The van der Waals surface area contributed by atoms with Crippen LogP contribution in [0, 0.1) is 0 Å². The monoisotopic (exact) mass is 350 g/mol. The Hall–Kier alpha value is -2.08. The zero-order valence-corrected chi connectivity index (χ0v) is 13.0. The zero-order chi connectivity index (χ0) is 15.2. The SMILES string of the molecule is C[C@H](NC(=O)c1ccccc1Br)C(=O)NCc1ccco1. The Morgan fingerprint density at radius 3 is 2.67 bits per heavy atom. The molecule has 5 nitrogen and oxygen atoms in total. The van der Waals surface area contributed by atoms with Crippen LogP contribution in [0.1, 0.15) is 23.0 Å². The van der Waals surface area contributed by atoms with Gasteiger partial charge in [-0.25, -0.2) is 0 Å². The molecule has 21 heavy (non-hydrogen) atoms. The number of hydrogen-bond donors (Lipinski definition) is 2. The van der Waals surface area contributed by atoms with Gasteiger partial charge in [0.05, 0.1) is 18.4 Å². The molecule has 0 saturated heterocycles. The van der Waals surface area contributed by atoms with E-state index in [2.05, 4.69) is 26.6 Å². The molecule has 0 fully saturated rings. The summed E-state index contributed by atoms with van der Waals surface area (Å²) in [6, 6.07) is 9.93. The van der Waals surface area contributed by atoms with Crippen molar-refractivity contribution in [3.63, 3.8) is 0 Å². The summed E-state index contributed by atoms with van der Waals surface area (Å²) in [6.45, 7) is 1.92. The summed E-state index contributed by atoms with van der Waals surface area (Å²) >= 11 is 3.31. The summed E-state index contributed by atoms with van der Waals surface area (Å²) in [6.07, 6.45) is 1.54. The lowest BCUT2D eigenvalue weighted by molar-refractivity contribution is -0.122. The maximum atomic E-state index is 12.1. The average molecular weight is 351 g/mol. The van der Waals surface area contributed by atoms with Crippen LogP contribution >= 0.6 is 15.9 Å². The van der Waals surface area contributed by atoms with Gasteiger partial charge >= 0.3 is 0 Å². The highest BCUT2D eigenvalue weighted by Gasteiger charge is 2.17. The predicted octanol–water partition coefficient (Wildman–Crippen LogP) is 2.48. The Morgan fingerprint density at radius 1 is 1.24 bits per heavy atom. The van der Waals surface area contributed by atoms with E-state index in [1.165, 1.54) is 0 Å². The number of halogens is 1. The number of benzene rings is 1. The minimum absolute atomic E-state index is 0.271. The molecule has 0 bridgehead atoms. The standard InChI is InChI=1S/C15H15BrN2O3/c1-10(14(19)17-9-11-5-4-8-21-11)18-15(20)12-6-2-3-7-13(12)16/h2-8,10H,9H2,1H3,(H,17,19)(H,18,20)/t10-/m0/s1. The first-order chi connectivity index (χ1) is 10.1. The summed E-state index contributed by atoms with van der Waals surface area (Å²) in [5.41, 5.74) is 0.489. The minimum Gasteiger partial charge on any atom is -0.467 e. The Balaban J connectivity index is 1.88. The third kappa shape index (κ3) is 4.19. The van der Waals surface area contributed by atoms with E-state index in [4.69, 9.17) is 4.42 Å². The van der Waals surface area contributed by atoms with E-state index in [0.29, 0.717) is 22.3 Å². The van der Waals surface area contributed by atoms with Crippen molar-refractivity contribution in [2.24, 2.45) is 0 Å². The fourth-order valence-electron chi connectivity index (χ4n) is 1.73. The summed E-state index contributed by atoms with van der Waals surface area (Å²) in [5.74, 6) is 0.0857. The topological polar surface area (TPSA) is 71.3 Å². The van der Waals surface area contributed by atoms with Crippen molar-refractivity contribution in [3.05, 3.63) is 58.5 Å². The summed E-state index contributed by atoms with van der Waals surface area (Å²) in [5, 5.41) is 5.35. The fourth-order valence-corrected chi connectivity index (χ4v) is 2.19. The molecule has 0 aliphatic heterocycles. The Bertz CT molecular complexity index is 626. The number of nitrogens with one attached hydrogen (secondary N) is 2. The highest BCUT2D eigenvalue weighted by atomic mass is 79.9. The molecule has 110 valence electrons. The predicted molar refractivity (Wildman–Crippen MR) is 81.6 cm³/mol. The lowest BCUT2D eigenvalue weighted by Crippen LogP contribution is -2.44.